The molecule has 0 aliphatic carbocycles. The van der Waals surface area contributed by atoms with Crippen molar-refractivity contribution in [2.24, 2.45) is 0 Å². The number of nitrogens with one attached hydrogen (secondary N) is 1. The summed E-state index contributed by atoms with van der Waals surface area (Å²) in [7, 11) is 0. The van der Waals surface area contributed by atoms with E-state index >= 15 is 0 Å². The fourth-order valence-electron chi connectivity index (χ4n) is 1.75. The summed E-state index contributed by atoms with van der Waals surface area (Å²) < 4.78 is 0. The van der Waals surface area contributed by atoms with E-state index in [4.69, 9.17) is 16.7 Å². The molecule has 1 aromatic heterocycles. The highest BCUT2D eigenvalue weighted by Crippen LogP contribution is 2.26. The van der Waals surface area contributed by atoms with Crippen molar-refractivity contribution < 1.29 is 9.90 Å². The quantitative estimate of drug-likeness (QED) is 0.805. The Hall–Kier alpha value is -1.43. The summed E-state index contributed by atoms with van der Waals surface area (Å²) in [5.74, 6) is -0.846. The van der Waals surface area contributed by atoms with E-state index in [1.807, 2.05) is 30.5 Å². The third-order valence-corrected chi connectivity index (χ3v) is 4.13. The van der Waals surface area contributed by atoms with Gasteiger partial charge in [0.25, 0.3) is 0 Å². The third kappa shape index (κ3) is 4.03. The molecule has 6 heteroatoms. The van der Waals surface area contributed by atoms with Gasteiger partial charge in [0.05, 0.1) is 17.2 Å². The number of aromatic nitrogens is 1. The van der Waals surface area contributed by atoms with Crippen molar-refractivity contribution in [3.63, 3.8) is 0 Å². The van der Waals surface area contributed by atoms with Crippen LogP contribution in [0.25, 0.3) is 11.3 Å². The zero-order valence-electron chi connectivity index (χ0n) is 11.0. The van der Waals surface area contributed by atoms with Crippen LogP contribution in [0.2, 0.25) is 5.02 Å². The number of hydrogen-bond acceptors (Lipinski definition) is 4. The lowest BCUT2D eigenvalue weighted by Gasteiger charge is -2.01. The maximum atomic E-state index is 10.4. The van der Waals surface area contributed by atoms with Crippen LogP contribution < -0.4 is 5.32 Å². The average Bonchev–Trinajstić information content (AvgIpc) is 2.86. The van der Waals surface area contributed by atoms with Gasteiger partial charge in [-0.15, -0.1) is 11.3 Å². The second-order valence-electron chi connectivity index (χ2n) is 4.41. The molecule has 106 valence electrons. The number of hydrogen-bond donors (Lipinski definition) is 2. The number of carbonyl (C=O) groups is 1. The normalized spacial score (nSPS) is 10.7. The van der Waals surface area contributed by atoms with Gasteiger partial charge in [0.1, 0.15) is 0 Å². The number of halogens is 1. The smallest absolute Gasteiger partial charge is 0.317 e. The SMILES string of the molecule is Cc1cc(-c2csc(CCNCC(=O)O)n2)ccc1Cl. The molecular weight excluding hydrogens is 296 g/mol. The molecule has 0 amide bonds. The van der Waals surface area contributed by atoms with Gasteiger partial charge in [-0.25, -0.2) is 4.98 Å². The summed E-state index contributed by atoms with van der Waals surface area (Å²) >= 11 is 7.59. The van der Waals surface area contributed by atoms with Crippen LogP contribution in [0.3, 0.4) is 0 Å². The Kier molecular flexibility index (Phi) is 5.11. The molecule has 0 saturated heterocycles. The number of thiazole rings is 1. The van der Waals surface area contributed by atoms with E-state index in [0.717, 1.165) is 33.3 Å². The predicted octanol–water partition coefficient (Wildman–Crippen LogP) is 2.99. The van der Waals surface area contributed by atoms with E-state index in [2.05, 4.69) is 10.3 Å². The van der Waals surface area contributed by atoms with Gasteiger partial charge in [0.15, 0.2) is 0 Å². The highest BCUT2D eigenvalue weighted by molar-refractivity contribution is 7.09. The topological polar surface area (TPSA) is 62.2 Å². The second-order valence-corrected chi connectivity index (χ2v) is 5.76. The lowest BCUT2D eigenvalue weighted by atomic mass is 10.1. The molecule has 2 aromatic rings. The minimum absolute atomic E-state index is 0.0192. The lowest BCUT2D eigenvalue weighted by molar-refractivity contribution is -0.135. The maximum absolute atomic E-state index is 10.4. The van der Waals surface area contributed by atoms with Crippen molar-refractivity contribution >= 4 is 28.9 Å². The molecule has 4 nitrogen and oxygen atoms in total. The Morgan fingerprint density at radius 3 is 3.00 bits per heavy atom. The van der Waals surface area contributed by atoms with Crippen molar-refractivity contribution in [3.05, 3.63) is 39.2 Å². The van der Waals surface area contributed by atoms with E-state index in [9.17, 15) is 4.79 Å². The summed E-state index contributed by atoms with van der Waals surface area (Å²) in [4.78, 5) is 14.9. The zero-order valence-corrected chi connectivity index (χ0v) is 12.6. The highest BCUT2D eigenvalue weighted by Gasteiger charge is 2.06. The molecule has 0 radical (unpaired) electrons. The highest BCUT2D eigenvalue weighted by atomic mass is 35.5. The molecule has 0 atom stereocenters. The Bertz CT molecular complexity index is 613. The predicted molar refractivity (Wildman–Crippen MR) is 81.5 cm³/mol. The lowest BCUT2D eigenvalue weighted by Crippen LogP contribution is -2.24. The van der Waals surface area contributed by atoms with Crippen LogP contribution in [-0.4, -0.2) is 29.1 Å². The van der Waals surface area contributed by atoms with Crippen molar-refractivity contribution in [3.8, 4) is 11.3 Å². The number of rotatable bonds is 6. The van der Waals surface area contributed by atoms with Crippen molar-refractivity contribution in [1.82, 2.24) is 10.3 Å². The molecule has 0 aliphatic rings. The minimum Gasteiger partial charge on any atom is -0.480 e. The summed E-state index contributed by atoms with van der Waals surface area (Å²) in [6, 6.07) is 5.85. The minimum atomic E-state index is -0.846. The van der Waals surface area contributed by atoms with E-state index < -0.39 is 5.97 Å². The van der Waals surface area contributed by atoms with Crippen LogP contribution >= 0.6 is 22.9 Å². The van der Waals surface area contributed by atoms with E-state index in [1.165, 1.54) is 0 Å². The van der Waals surface area contributed by atoms with Gasteiger partial charge in [-0.3, -0.25) is 4.79 Å². The summed E-state index contributed by atoms with van der Waals surface area (Å²) in [6.45, 7) is 2.56. The van der Waals surface area contributed by atoms with Crippen molar-refractivity contribution in [2.75, 3.05) is 13.1 Å². The van der Waals surface area contributed by atoms with Gasteiger partial charge in [0.2, 0.25) is 0 Å². The number of aliphatic carboxylic acids is 1. The van der Waals surface area contributed by atoms with Crippen LogP contribution in [0.5, 0.6) is 0 Å². The first-order valence-corrected chi connectivity index (χ1v) is 7.45. The molecule has 2 N–H and O–H groups in total. The Labute approximate surface area is 126 Å². The zero-order chi connectivity index (χ0) is 14.5. The molecule has 0 fully saturated rings. The number of carboxylic acids is 1. The second kappa shape index (κ2) is 6.83. The van der Waals surface area contributed by atoms with E-state index in [1.54, 1.807) is 11.3 Å². The first-order valence-electron chi connectivity index (χ1n) is 6.19. The molecule has 1 heterocycles. The number of benzene rings is 1. The third-order valence-electron chi connectivity index (χ3n) is 2.80. The number of nitrogens with zero attached hydrogens (tertiary/aromatic N) is 1. The molecule has 2 rings (SSSR count). The van der Waals surface area contributed by atoms with Crippen LogP contribution in [0.1, 0.15) is 10.6 Å². The first-order chi connectivity index (χ1) is 9.56. The number of carboxylic acid groups (broad SMARTS) is 1. The maximum Gasteiger partial charge on any atom is 0.317 e. The largest absolute Gasteiger partial charge is 0.480 e. The average molecular weight is 311 g/mol. The summed E-state index contributed by atoms with van der Waals surface area (Å²) in [5, 5.41) is 15.1. The summed E-state index contributed by atoms with van der Waals surface area (Å²) in [6.07, 6.45) is 0.727. The molecule has 20 heavy (non-hydrogen) atoms. The van der Waals surface area contributed by atoms with Gasteiger partial charge in [-0.05, 0) is 24.6 Å². The standard InChI is InChI=1S/C14H15ClN2O2S/c1-9-6-10(2-3-11(9)15)12-8-20-13(17-12)4-5-16-7-14(18)19/h2-3,6,8,16H,4-5,7H2,1H3,(H,18,19). The molecule has 0 bridgehead atoms. The fraction of sp³-hybridized carbons (Fsp3) is 0.286. The Morgan fingerprint density at radius 1 is 1.50 bits per heavy atom. The van der Waals surface area contributed by atoms with E-state index in [-0.39, 0.29) is 6.54 Å². The summed E-state index contributed by atoms with van der Waals surface area (Å²) in [5.41, 5.74) is 3.01. The fourth-order valence-corrected chi connectivity index (χ4v) is 2.68. The Balaban J connectivity index is 1.97. The van der Waals surface area contributed by atoms with Crippen LogP contribution in [-0.2, 0) is 11.2 Å². The van der Waals surface area contributed by atoms with Gasteiger partial charge >= 0.3 is 5.97 Å². The molecule has 0 aliphatic heterocycles. The molecule has 1 aromatic carbocycles. The van der Waals surface area contributed by atoms with Crippen LogP contribution in [0.4, 0.5) is 0 Å². The van der Waals surface area contributed by atoms with Crippen LogP contribution in [0, 0.1) is 6.92 Å². The van der Waals surface area contributed by atoms with Gasteiger partial charge < -0.3 is 10.4 Å². The first kappa shape index (κ1) is 15.0. The van der Waals surface area contributed by atoms with E-state index in [0.29, 0.717) is 6.54 Å². The van der Waals surface area contributed by atoms with Gasteiger partial charge in [-0.1, -0.05) is 17.7 Å². The number of aryl methyl sites for hydroxylation is 1. The molecule has 0 spiro atoms. The van der Waals surface area contributed by atoms with Gasteiger partial charge in [-0.2, -0.15) is 0 Å². The monoisotopic (exact) mass is 310 g/mol. The molecule has 0 unspecified atom stereocenters. The van der Waals surface area contributed by atoms with Crippen molar-refractivity contribution in [1.29, 1.82) is 0 Å². The molecular formula is C14H15ClN2O2S. The van der Waals surface area contributed by atoms with Gasteiger partial charge in [0, 0.05) is 28.9 Å². The molecule has 0 saturated carbocycles. The van der Waals surface area contributed by atoms with Crippen molar-refractivity contribution in [2.45, 2.75) is 13.3 Å². The van der Waals surface area contributed by atoms with Crippen LogP contribution in [0.15, 0.2) is 23.6 Å². The Morgan fingerprint density at radius 2 is 2.30 bits per heavy atom.